The van der Waals surface area contributed by atoms with E-state index in [4.69, 9.17) is 4.74 Å². The summed E-state index contributed by atoms with van der Waals surface area (Å²) in [6, 6.07) is 16.2. The quantitative estimate of drug-likeness (QED) is 0.466. The van der Waals surface area contributed by atoms with Crippen molar-refractivity contribution in [1.29, 1.82) is 0 Å². The van der Waals surface area contributed by atoms with Crippen LogP contribution in [0.5, 0.6) is 0 Å². The average Bonchev–Trinajstić information content (AvgIpc) is 2.71. The Morgan fingerprint density at radius 1 is 1.07 bits per heavy atom. The van der Waals surface area contributed by atoms with Crippen molar-refractivity contribution in [2.45, 2.75) is 25.2 Å². The molecule has 0 aliphatic carbocycles. The van der Waals surface area contributed by atoms with E-state index in [0.29, 0.717) is 11.8 Å². The third-order valence-corrected chi connectivity index (χ3v) is 3.93. The Bertz CT molecular complexity index is 743. The molecule has 0 bridgehead atoms. The van der Waals surface area contributed by atoms with E-state index in [1.54, 1.807) is 30.3 Å². The second kappa shape index (κ2) is 10.9. The summed E-state index contributed by atoms with van der Waals surface area (Å²) in [4.78, 5) is 22.0. The van der Waals surface area contributed by atoms with E-state index < -0.39 is 18.3 Å². The first-order chi connectivity index (χ1) is 13.1. The van der Waals surface area contributed by atoms with Crippen molar-refractivity contribution in [3.63, 3.8) is 0 Å². The molecule has 27 heavy (non-hydrogen) atoms. The molecule has 3 N–H and O–H groups in total. The molecule has 6 heteroatoms. The number of aliphatic hydroxyl groups is 2. The minimum Gasteiger partial charge on any atom is -0.445 e. The zero-order chi connectivity index (χ0) is 19.5. The van der Waals surface area contributed by atoms with Gasteiger partial charge >= 0.3 is 6.09 Å². The third-order valence-electron chi connectivity index (χ3n) is 3.93. The van der Waals surface area contributed by atoms with E-state index in [-0.39, 0.29) is 19.6 Å². The van der Waals surface area contributed by atoms with Crippen molar-refractivity contribution in [3.05, 3.63) is 77.4 Å². The average molecular weight is 369 g/mol. The maximum Gasteiger partial charge on any atom is 0.407 e. The number of aliphatic hydroxyl groups excluding tert-OH is 2. The predicted molar refractivity (Wildman–Crippen MR) is 102 cm³/mol. The van der Waals surface area contributed by atoms with Crippen LogP contribution in [-0.4, -0.2) is 35.2 Å². The van der Waals surface area contributed by atoms with Gasteiger partial charge in [0.15, 0.2) is 0 Å². The monoisotopic (exact) mass is 369 g/mol. The highest BCUT2D eigenvalue weighted by Gasteiger charge is 2.18. The molecule has 2 atom stereocenters. The van der Waals surface area contributed by atoms with Crippen LogP contribution in [0, 0.1) is 0 Å². The molecule has 0 aliphatic heterocycles. The molecule has 2 aromatic rings. The van der Waals surface area contributed by atoms with E-state index >= 15 is 0 Å². The largest absolute Gasteiger partial charge is 0.445 e. The molecule has 0 heterocycles. The lowest BCUT2D eigenvalue weighted by atomic mass is 10.0. The zero-order valence-electron chi connectivity index (χ0n) is 14.8. The van der Waals surface area contributed by atoms with Crippen LogP contribution in [0.2, 0.25) is 0 Å². The number of ether oxygens (including phenoxy) is 1. The molecule has 0 radical (unpaired) electrons. The van der Waals surface area contributed by atoms with E-state index in [0.717, 1.165) is 11.1 Å². The van der Waals surface area contributed by atoms with Gasteiger partial charge in [-0.25, -0.2) is 4.79 Å². The fraction of sp³-hybridized carbons (Fsp3) is 0.238. The van der Waals surface area contributed by atoms with E-state index in [2.05, 4.69) is 5.32 Å². The van der Waals surface area contributed by atoms with Gasteiger partial charge in [-0.3, -0.25) is 4.79 Å². The summed E-state index contributed by atoms with van der Waals surface area (Å²) in [6.07, 6.45) is 1.20. The number of hydrogen-bond donors (Lipinski definition) is 3. The molecule has 2 rings (SSSR count). The van der Waals surface area contributed by atoms with Crippen LogP contribution in [0.15, 0.2) is 60.7 Å². The van der Waals surface area contributed by atoms with Gasteiger partial charge in [0, 0.05) is 6.54 Å². The van der Waals surface area contributed by atoms with Gasteiger partial charge in [-0.2, -0.15) is 0 Å². The van der Waals surface area contributed by atoms with Crippen LogP contribution >= 0.6 is 0 Å². The Kier molecular flexibility index (Phi) is 8.22. The smallest absolute Gasteiger partial charge is 0.407 e. The van der Waals surface area contributed by atoms with Gasteiger partial charge in [-0.05, 0) is 29.2 Å². The second-order valence-corrected chi connectivity index (χ2v) is 5.95. The predicted octanol–water partition coefficient (Wildman–Crippen LogP) is 2.61. The third kappa shape index (κ3) is 7.05. The van der Waals surface area contributed by atoms with Gasteiger partial charge in [0.25, 0.3) is 0 Å². The molecule has 0 saturated carbocycles. The lowest BCUT2D eigenvalue weighted by Gasteiger charge is -2.18. The first kappa shape index (κ1) is 20.4. The summed E-state index contributed by atoms with van der Waals surface area (Å²) in [5, 5.41) is 22.9. The van der Waals surface area contributed by atoms with Crippen LogP contribution in [0.1, 0.15) is 29.2 Å². The highest BCUT2D eigenvalue weighted by atomic mass is 16.5. The number of carbonyl (C=O) groups excluding carboxylic acids is 2. The Morgan fingerprint density at radius 3 is 2.44 bits per heavy atom. The van der Waals surface area contributed by atoms with Crippen LogP contribution in [-0.2, 0) is 16.1 Å². The number of rotatable bonds is 9. The van der Waals surface area contributed by atoms with E-state index in [1.165, 1.54) is 6.08 Å². The number of aldehydes is 1. The topological polar surface area (TPSA) is 95.9 Å². The van der Waals surface area contributed by atoms with Crippen molar-refractivity contribution in [3.8, 4) is 0 Å². The maximum absolute atomic E-state index is 11.7. The Hall–Kier alpha value is -2.96. The molecule has 1 amide bonds. The van der Waals surface area contributed by atoms with Gasteiger partial charge in [-0.1, -0.05) is 60.7 Å². The van der Waals surface area contributed by atoms with Crippen molar-refractivity contribution in [1.82, 2.24) is 5.32 Å². The number of hydrogen-bond acceptors (Lipinski definition) is 5. The molecule has 0 saturated heterocycles. The summed E-state index contributed by atoms with van der Waals surface area (Å²) in [7, 11) is 0. The molecule has 0 spiro atoms. The molecule has 0 aliphatic rings. The Labute approximate surface area is 158 Å². The molecule has 0 aromatic heterocycles. The fourth-order valence-corrected chi connectivity index (χ4v) is 2.43. The van der Waals surface area contributed by atoms with Crippen LogP contribution < -0.4 is 5.32 Å². The van der Waals surface area contributed by atoms with Crippen molar-refractivity contribution in [2.75, 3.05) is 6.54 Å². The summed E-state index contributed by atoms with van der Waals surface area (Å²) in [6.45, 7) is 0.342. The number of allylic oxidation sites excluding steroid dienone is 1. The van der Waals surface area contributed by atoms with Gasteiger partial charge < -0.3 is 20.3 Å². The standard InChI is InChI=1S/C21H23NO5/c23-14-4-7-16-8-10-18(11-9-16)20(25)19(24)12-13-22-21(26)27-15-17-5-2-1-3-6-17/h1-11,14,19-20,24-25H,12-13,15H2,(H,22,26)/b7-4+. The normalized spacial score (nSPS) is 13.1. The van der Waals surface area contributed by atoms with Crippen LogP contribution in [0.4, 0.5) is 4.79 Å². The first-order valence-corrected chi connectivity index (χ1v) is 8.62. The molecule has 2 aromatic carbocycles. The lowest BCUT2D eigenvalue weighted by molar-refractivity contribution is -0.104. The van der Waals surface area contributed by atoms with Crippen molar-refractivity contribution in [2.24, 2.45) is 0 Å². The summed E-state index contributed by atoms with van der Waals surface area (Å²) in [5.41, 5.74) is 2.25. The number of nitrogens with one attached hydrogen (secondary N) is 1. The summed E-state index contributed by atoms with van der Waals surface area (Å²) in [5.74, 6) is 0. The minimum absolute atomic E-state index is 0.169. The van der Waals surface area contributed by atoms with Crippen molar-refractivity contribution >= 4 is 18.5 Å². The molecular weight excluding hydrogens is 346 g/mol. The SMILES string of the molecule is O=C/C=C/c1ccc(C(O)C(O)CCNC(=O)OCc2ccccc2)cc1. The number of amides is 1. The van der Waals surface area contributed by atoms with Gasteiger partial charge in [-0.15, -0.1) is 0 Å². The number of alkyl carbamates (subject to hydrolysis) is 1. The highest BCUT2D eigenvalue weighted by Crippen LogP contribution is 2.19. The van der Waals surface area contributed by atoms with E-state index in [9.17, 15) is 19.8 Å². The highest BCUT2D eigenvalue weighted by molar-refractivity contribution is 5.73. The number of benzene rings is 2. The van der Waals surface area contributed by atoms with Gasteiger partial charge in [0.1, 0.15) is 19.0 Å². The van der Waals surface area contributed by atoms with E-state index in [1.807, 2.05) is 30.3 Å². The summed E-state index contributed by atoms with van der Waals surface area (Å²) >= 11 is 0. The van der Waals surface area contributed by atoms with Gasteiger partial charge in [0.05, 0.1) is 6.10 Å². The van der Waals surface area contributed by atoms with Crippen molar-refractivity contribution < 1.29 is 24.5 Å². The fourth-order valence-electron chi connectivity index (χ4n) is 2.43. The Balaban J connectivity index is 1.72. The lowest BCUT2D eigenvalue weighted by Crippen LogP contribution is -2.29. The Morgan fingerprint density at radius 2 is 1.78 bits per heavy atom. The molecule has 0 fully saturated rings. The van der Waals surface area contributed by atoms with Crippen LogP contribution in [0.25, 0.3) is 6.08 Å². The molecule has 2 unspecified atom stereocenters. The molecule has 142 valence electrons. The minimum atomic E-state index is -1.07. The molecule has 6 nitrogen and oxygen atoms in total. The summed E-state index contributed by atoms with van der Waals surface area (Å²) < 4.78 is 5.07. The zero-order valence-corrected chi connectivity index (χ0v) is 14.8. The first-order valence-electron chi connectivity index (χ1n) is 8.62. The second-order valence-electron chi connectivity index (χ2n) is 5.95. The van der Waals surface area contributed by atoms with Crippen LogP contribution in [0.3, 0.4) is 0 Å². The van der Waals surface area contributed by atoms with Gasteiger partial charge in [0.2, 0.25) is 0 Å². The number of carbonyl (C=O) groups is 2. The maximum atomic E-state index is 11.7. The molecular formula is C21H23NO5.